The maximum Gasteiger partial charge on any atom is 0.469 e. The molecule has 0 bridgehead atoms. The fraction of sp³-hybridized carbons (Fsp3) is 0.615. The predicted octanol–water partition coefficient (Wildman–Crippen LogP) is 1.22. The molecular weight excluding hydrogens is 492 g/mol. The lowest BCUT2D eigenvalue weighted by Gasteiger charge is -2.22. The number of aliphatic hydroxyl groups excluding tert-OH is 1. The molecule has 0 unspecified atom stereocenters. The number of hydrogen-bond donors (Lipinski definition) is 6. The van der Waals surface area contributed by atoms with E-state index in [9.17, 15) is 19.5 Å². The van der Waals surface area contributed by atoms with Gasteiger partial charge < -0.3 is 37.1 Å². The molecule has 2 aromatic rings. The number of nitrogens with one attached hydrogen (secondary N) is 1. The molecule has 14 heteroatoms. The minimum atomic E-state index is -4.63. The van der Waals surface area contributed by atoms with Crippen molar-refractivity contribution in [1.82, 2.24) is 31.8 Å². The number of aliphatic hydroxyl groups is 1. The lowest BCUT2D eigenvalue weighted by atomic mass is 10.0. The molecule has 2 fully saturated rings. The van der Waals surface area contributed by atoms with Crippen LogP contribution in [0.15, 0.2) is 6.33 Å². The monoisotopic (exact) mass is 515 g/mol. The Hall–Kier alpha value is -0.930. The van der Waals surface area contributed by atoms with Crippen LogP contribution in [0, 0.1) is 15.2 Å². The van der Waals surface area contributed by atoms with Crippen LogP contribution < -0.4 is 17.6 Å². The van der Waals surface area contributed by atoms with E-state index in [2.05, 4.69) is 20.3 Å². The van der Waals surface area contributed by atoms with Crippen LogP contribution in [-0.2, 0) is 9.09 Å². The van der Waals surface area contributed by atoms with Crippen molar-refractivity contribution in [1.29, 1.82) is 0 Å². The molecule has 2 saturated carbocycles. The van der Waals surface area contributed by atoms with Gasteiger partial charge in [0.15, 0.2) is 20.8 Å². The first-order valence-corrected chi connectivity index (χ1v) is 10.3. The molecule has 2 heterocycles. The van der Waals surface area contributed by atoms with E-state index in [4.69, 9.17) is 4.52 Å². The minimum absolute atomic E-state index is 0. The van der Waals surface area contributed by atoms with E-state index in [1.807, 2.05) is 27.2 Å². The van der Waals surface area contributed by atoms with Crippen LogP contribution >= 0.6 is 30.4 Å². The molecule has 2 aromatic heterocycles. The number of halogens is 1. The Morgan fingerprint density at radius 1 is 1.44 bits per heavy atom. The van der Waals surface area contributed by atoms with Crippen LogP contribution in [0.3, 0.4) is 0 Å². The molecule has 0 spiro atoms. The Balaban J connectivity index is 0.00000131. The highest BCUT2D eigenvalue weighted by Crippen LogP contribution is 2.70. The minimum Gasteiger partial charge on any atom is -0.396 e. The van der Waals surface area contributed by atoms with Crippen molar-refractivity contribution in [3.8, 4) is 0 Å². The zero-order valence-electron chi connectivity index (χ0n) is 14.6. The topological polar surface area (TPSA) is 213 Å². The molecule has 27 heavy (non-hydrogen) atoms. The molecule has 0 aromatic carbocycles. The van der Waals surface area contributed by atoms with Crippen LogP contribution in [0.2, 0.25) is 0 Å². The van der Waals surface area contributed by atoms with Crippen LogP contribution in [0.25, 0.3) is 11.2 Å². The number of fused-ring (bicyclic) bond motifs is 2. The number of imidazole rings is 1. The predicted molar refractivity (Wildman–Crippen MR) is 106 cm³/mol. The third-order valence-electron chi connectivity index (χ3n) is 5.29. The van der Waals surface area contributed by atoms with Crippen LogP contribution in [0.1, 0.15) is 18.9 Å². The van der Waals surface area contributed by atoms with E-state index in [0.717, 1.165) is 0 Å². The Kier molecular flexibility index (Phi) is 6.19. The highest BCUT2D eigenvalue weighted by molar-refractivity contribution is 14.1. The summed E-state index contributed by atoms with van der Waals surface area (Å²) in [5, 5.41) is 12.8. The lowest BCUT2D eigenvalue weighted by molar-refractivity contribution is 0.0521. The van der Waals surface area contributed by atoms with Crippen molar-refractivity contribution in [2.24, 2.45) is 11.3 Å². The number of aromatic nitrogens is 4. The van der Waals surface area contributed by atoms with Gasteiger partial charge in [0, 0.05) is 41.1 Å². The Morgan fingerprint density at radius 2 is 2.15 bits per heavy atom. The summed E-state index contributed by atoms with van der Waals surface area (Å²) in [4.78, 5) is 31.5. The summed E-state index contributed by atoms with van der Waals surface area (Å²) in [6, 6.07) is -0.0934. The molecule has 152 valence electrons. The Morgan fingerprint density at radius 3 is 2.74 bits per heavy atom. The summed E-state index contributed by atoms with van der Waals surface area (Å²) < 4.78 is 18.7. The Bertz CT molecular complexity index is 891. The summed E-state index contributed by atoms with van der Waals surface area (Å²) in [5.74, 6) is 0.690. The van der Waals surface area contributed by atoms with Gasteiger partial charge in [0.25, 0.3) is 0 Å². The van der Waals surface area contributed by atoms with Gasteiger partial charge in [0.05, 0.1) is 19.0 Å². The smallest absolute Gasteiger partial charge is 0.396 e. The van der Waals surface area contributed by atoms with Crippen LogP contribution in [0.5, 0.6) is 0 Å². The third-order valence-corrected chi connectivity index (χ3v) is 6.30. The van der Waals surface area contributed by atoms with Gasteiger partial charge in [0.2, 0.25) is 0 Å². The standard InChI is InChI=1S/C13H17IN5O5P.2H3N/c1-15-10-9-11(18-12(14)17-10)19(5-16-9)7-2-8(24-25(21,22)23)13(4-20)3-6(7)13;;/h5-8,20H,2-4H2,1H3,(H,15,17,18)(H2,21,22,23);2*1H3/t6-,7-,8+,13+;;/m1../s1. The SMILES string of the molecule is CNc1nc(I)nc2c1ncn2[C@@H]1C[C@H](OP(=O)(O)O)[C@]2(CO)C[C@H]12.N.N. The molecule has 4 atom stereocenters. The molecule has 10 N–H and O–H groups in total. The van der Waals surface area contributed by atoms with E-state index >= 15 is 0 Å². The number of phosphoric acid groups is 1. The van der Waals surface area contributed by atoms with Crippen molar-refractivity contribution < 1.29 is 24.0 Å². The molecule has 0 aliphatic heterocycles. The quantitative estimate of drug-likeness (QED) is 0.189. The highest BCUT2D eigenvalue weighted by Gasteiger charge is 2.69. The van der Waals surface area contributed by atoms with E-state index in [0.29, 0.717) is 33.7 Å². The molecule has 12 nitrogen and oxygen atoms in total. The maximum absolute atomic E-state index is 11.3. The van der Waals surface area contributed by atoms with E-state index in [1.54, 1.807) is 13.4 Å². The van der Waals surface area contributed by atoms with Gasteiger partial charge in [0.1, 0.15) is 0 Å². The average Bonchev–Trinajstić information content (AvgIpc) is 3.03. The van der Waals surface area contributed by atoms with Gasteiger partial charge in [-0.25, -0.2) is 19.5 Å². The van der Waals surface area contributed by atoms with Crippen molar-refractivity contribution in [2.75, 3.05) is 19.0 Å². The maximum atomic E-state index is 11.3. The Labute approximate surface area is 168 Å². The van der Waals surface area contributed by atoms with Gasteiger partial charge in [-0.15, -0.1) is 0 Å². The number of anilines is 1. The van der Waals surface area contributed by atoms with Crippen LogP contribution in [-0.4, -0.2) is 54.2 Å². The first kappa shape index (κ1) is 22.4. The molecule has 2 aliphatic carbocycles. The number of hydrogen-bond acceptors (Lipinski definition) is 9. The summed E-state index contributed by atoms with van der Waals surface area (Å²) in [7, 11) is -2.87. The summed E-state index contributed by atoms with van der Waals surface area (Å²) in [6.07, 6.45) is 2.01. The van der Waals surface area contributed by atoms with Gasteiger partial charge in [-0.2, -0.15) is 0 Å². The average molecular weight is 515 g/mol. The fourth-order valence-corrected chi connectivity index (χ4v) is 5.17. The second-order valence-electron chi connectivity index (χ2n) is 6.50. The van der Waals surface area contributed by atoms with Crippen molar-refractivity contribution in [2.45, 2.75) is 25.0 Å². The zero-order chi connectivity index (χ0) is 18.0. The third kappa shape index (κ3) is 3.58. The van der Waals surface area contributed by atoms with Crippen LogP contribution in [0.4, 0.5) is 5.82 Å². The van der Waals surface area contributed by atoms with Crippen molar-refractivity contribution in [3.63, 3.8) is 0 Å². The fourth-order valence-electron chi connectivity index (χ4n) is 4.07. The van der Waals surface area contributed by atoms with Gasteiger partial charge in [-0.1, -0.05) is 0 Å². The highest BCUT2D eigenvalue weighted by atomic mass is 127. The molecular formula is C13H23IN7O5P. The number of rotatable bonds is 5. The van der Waals surface area contributed by atoms with Gasteiger partial charge >= 0.3 is 7.82 Å². The molecule has 0 amide bonds. The van der Waals surface area contributed by atoms with E-state index < -0.39 is 19.3 Å². The second-order valence-corrected chi connectivity index (χ2v) is 8.66. The molecule has 0 saturated heterocycles. The largest absolute Gasteiger partial charge is 0.469 e. The summed E-state index contributed by atoms with van der Waals surface area (Å²) in [5.41, 5.74) is 0.691. The van der Waals surface area contributed by atoms with E-state index in [1.165, 1.54) is 0 Å². The molecule has 4 rings (SSSR count). The van der Waals surface area contributed by atoms with Gasteiger partial charge in [-0.05, 0) is 18.8 Å². The lowest BCUT2D eigenvalue weighted by Crippen LogP contribution is -2.25. The number of nitrogens with zero attached hydrogens (tertiary/aromatic N) is 4. The zero-order valence-corrected chi connectivity index (χ0v) is 17.7. The summed E-state index contributed by atoms with van der Waals surface area (Å²) in [6.45, 7) is -0.167. The van der Waals surface area contributed by atoms with E-state index in [-0.39, 0.29) is 30.9 Å². The normalized spacial score (nSPS) is 29.0. The summed E-state index contributed by atoms with van der Waals surface area (Å²) >= 11 is 2.03. The van der Waals surface area contributed by atoms with Crippen molar-refractivity contribution in [3.05, 3.63) is 10.2 Å². The first-order valence-electron chi connectivity index (χ1n) is 7.71. The first-order chi connectivity index (χ1) is 11.8. The molecule has 0 radical (unpaired) electrons. The molecule has 2 aliphatic rings. The van der Waals surface area contributed by atoms with Gasteiger partial charge in [-0.3, -0.25) is 4.52 Å². The number of phosphoric ester groups is 1. The second kappa shape index (κ2) is 7.48. The van der Waals surface area contributed by atoms with Crippen molar-refractivity contribution >= 4 is 47.4 Å².